The van der Waals surface area contributed by atoms with Crippen LogP contribution < -0.4 is 9.80 Å². The largest absolute Gasteiger partial charge is 0.406 e. The van der Waals surface area contributed by atoms with Gasteiger partial charge in [-0.15, -0.1) is 0 Å². The number of ketones is 1. The summed E-state index contributed by atoms with van der Waals surface area (Å²) in [6.45, 7) is 7.96. The lowest BCUT2D eigenvalue weighted by molar-refractivity contribution is -0.892. The summed E-state index contributed by atoms with van der Waals surface area (Å²) >= 11 is 0. The van der Waals surface area contributed by atoms with E-state index in [4.69, 9.17) is 0 Å². The Hall–Kier alpha value is -2.28. The zero-order chi connectivity index (χ0) is 20.5. The molecule has 3 rings (SSSR count). The van der Waals surface area contributed by atoms with Crippen molar-refractivity contribution in [3.05, 3.63) is 52.8 Å². The lowest BCUT2D eigenvalue weighted by Crippen LogP contribution is -3.15. The second-order valence-electron chi connectivity index (χ2n) is 7.61. The number of Topliss-reactive ketones (excluding diaryl/α,β-unsaturated/α-hetero) is 1. The maximum Gasteiger partial charge on any atom is 0.406 e. The third-order valence-electron chi connectivity index (χ3n) is 5.55. The lowest BCUT2D eigenvalue weighted by atomic mass is 10.1. The third-order valence-corrected chi connectivity index (χ3v) is 5.55. The number of benzene rings is 1. The first-order chi connectivity index (χ1) is 13.2. The minimum absolute atomic E-state index is 0.0825. The quantitative estimate of drug-likeness (QED) is 0.790. The van der Waals surface area contributed by atoms with Crippen molar-refractivity contribution >= 4 is 11.5 Å². The lowest BCUT2D eigenvalue weighted by Gasteiger charge is -2.34. The van der Waals surface area contributed by atoms with Crippen LogP contribution in [0.1, 0.15) is 27.3 Å². The highest BCUT2D eigenvalue weighted by atomic mass is 19.4. The van der Waals surface area contributed by atoms with E-state index in [1.165, 1.54) is 20.7 Å². The first kappa shape index (κ1) is 20.5. The average Bonchev–Trinajstić information content (AvgIpc) is 2.90. The fraction of sp³-hybridized carbons (Fsp3) is 0.476. The zero-order valence-electron chi connectivity index (χ0n) is 16.6. The van der Waals surface area contributed by atoms with E-state index in [-0.39, 0.29) is 5.78 Å². The number of aryl methyl sites for hydroxylation is 2. The standard InChI is InChI=1S/C21H26F3N3O/c1-15-6-4-5-7-19(15)26-10-8-25(9-11-26)13-20(28)18-12-16(2)27(17(18)3)14-21(22,23)24/h4-7,12H,8-11,13-14H2,1-3H3/p+1. The molecule has 0 aliphatic carbocycles. The number of nitrogens with one attached hydrogen (secondary N) is 1. The van der Waals surface area contributed by atoms with Crippen LogP contribution in [-0.2, 0) is 6.54 Å². The smallest absolute Gasteiger partial charge is 0.360 e. The monoisotopic (exact) mass is 394 g/mol. The van der Waals surface area contributed by atoms with Crippen molar-refractivity contribution < 1.29 is 22.9 Å². The van der Waals surface area contributed by atoms with Gasteiger partial charge in [0.25, 0.3) is 0 Å². The Bertz CT molecular complexity index is 849. The number of nitrogens with zero attached hydrogens (tertiary/aromatic N) is 2. The van der Waals surface area contributed by atoms with E-state index in [1.54, 1.807) is 19.9 Å². The molecule has 4 nitrogen and oxygen atoms in total. The molecule has 1 aromatic heterocycles. The predicted octanol–water partition coefficient (Wildman–Crippen LogP) is 2.56. The van der Waals surface area contributed by atoms with Crippen molar-refractivity contribution in [1.82, 2.24) is 4.57 Å². The number of aromatic nitrogens is 1. The van der Waals surface area contributed by atoms with Gasteiger partial charge < -0.3 is 14.4 Å². The molecule has 2 aromatic rings. The molecular weight excluding hydrogens is 367 g/mol. The fourth-order valence-corrected chi connectivity index (χ4v) is 3.99. The molecule has 1 saturated heterocycles. The maximum absolute atomic E-state index is 12.8. The number of para-hydroxylation sites is 1. The predicted molar refractivity (Wildman–Crippen MR) is 103 cm³/mol. The maximum atomic E-state index is 12.8. The molecule has 1 N–H and O–H groups in total. The van der Waals surface area contributed by atoms with Crippen LogP contribution >= 0.6 is 0 Å². The average molecular weight is 394 g/mol. The number of hydrogen-bond acceptors (Lipinski definition) is 2. The molecule has 0 radical (unpaired) electrons. The summed E-state index contributed by atoms with van der Waals surface area (Å²) in [6, 6.07) is 9.85. The molecule has 0 amide bonds. The zero-order valence-corrected chi connectivity index (χ0v) is 16.6. The molecule has 0 saturated carbocycles. The molecule has 1 fully saturated rings. The molecule has 152 valence electrons. The van der Waals surface area contributed by atoms with Crippen LogP contribution in [0.3, 0.4) is 0 Å². The normalized spacial score (nSPS) is 15.9. The van der Waals surface area contributed by atoms with Gasteiger partial charge in [-0.25, -0.2) is 0 Å². The van der Waals surface area contributed by atoms with Gasteiger partial charge in [0.1, 0.15) is 13.1 Å². The molecule has 1 aliphatic heterocycles. The van der Waals surface area contributed by atoms with Crippen LogP contribution in [0.2, 0.25) is 0 Å². The Morgan fingerprint density at radius 1 is 1.11 bits per heavy atom. The summed E-state index contributed by atoms with van der Waals surface area (Å²) in [5.41, 5.74) is 3.74. The van der Waals surface area contributed by atoms with Crippen molar-refractivity contribution in [2.75, 3.05) is 37.6 Å². The Morgan fingerprint density at radius 3 is 2.36 bits per heavy atom. The summed E-state index contributed by atoms with van der Waals surface area (Å²) in [5.74, 6) is -0.0825. The van der Waals surface area contributed by atoms with Gasteiger partial charge in [0.15, 0.2) is 0 Å². The minimum Gasteiger partial charge on any atom is -0.360 e. The topological polar surface area (TPSA) is 29.7 Å². The van der Waals surface area contributed by atoms with Gasteiger partial charge in [-0.05, 0) is 38.5 Å². The van der Waals surface area contributed by atoms with E-state index in [2.05, 4.69) is 24.0 Å². The van der Waals surface area contributed by atoms with Crippen molar-refractivity contribution in [3.8, 4) is 0 Å². The molecule has 0 bridgehead atoms. The van der Waals surface area contributed by atoms with Gasteiger partial charge in [0.05, 0.1) is 26.2 Å². The highest BCUT2D eigenvalue weighted by Gasteiger charge is 2.31. The number of halogens is 3. The van der Waals surface area contributed by atoms with E-state index in [1.807, 2.05) is 12.1 Å². The molecular formula is C21H27F3N3O+. The van der Waals surface area contributed by atoms with Gasteiger partial charge in [-0.1, -0.05) is 18.2 Å². The SMILES string of the molecule is Cc1ccccc1N1CC[NH+](CC(=O)c2cc(C)n(CC(F)(F)F)c2C)CC1. The Balaban J connectivity index is 1.62. The fourth-order valence-electron chi connectivity index (χ4n) is 3.99. The Labute approximate surface area is 163 Å². The van der Waals surface area contributed by atoms with Gasteiger partial charge >= 0.3 is 6.18 Å². The van der Waals surface area contributed by atoms with Crippen LogP contribution in [0, 0.1) is 20.8 Å². The van der Waals surface area contributed by atoms with E-state index < -0.39 is 12.7 Å². The van der Waals surface area contributed by atoms with E-state index >= 15 is 0 Å². The number of rotatable bonds is 5. The Kier molecular flexibility index (Phi) is 5.84. The molecule has 7 heteroatoms. The summed E-state index contributed by atoms with van der Waals surface area (Å²) in [7, 11) is 0. The van der Waals surface area contributed by atoms with Crippen molar-refractivity contribution in [2.45, 2.75) is 33.5 Å². The van der Waals surface area contributed by atoms with Gasteiger partial charge in [0, 0.05) is 22.6 Å². The van der Waals surface area contributed by atoms with Crippen LogP contribution in [0.15, 0.2) is 30.3 Å². The number of alkyl halides is 3. The summed E-state index contributed by atoms with van der Waals surface area (Å²) in [6.07, 6.45) is -4.30. The third kappa shape index (κ3) is 4.58. The number of carbonyl (C=O) groups excluding carboxylic acids is 1. The van der Waals surface area contributed by atoms with Gasteiger partial charge in [-0.3, -0.25) is 4.79 Å². The van der Waals surface area contributed by atoms with Crippen LogP contribution in [-0.4, -0.2) is 49.3 Å². The molecule has 1 aromatic carbocycles. The van der Waals surface area contributed by atoms with E-state index in [9.17, 15) is 18.0 Å². The number of carbonyl (C=O) groups is 1. The highest BCUT2D eigenvalue weighted by molar-refractivity contribution is 5.98. The Morgan fingerprint density at radius 2 is 1.75 bits per heavy atom. The van der Waals surface area contributed by atoms with Crippen LogP contribution in [0.4, 0.5) is 18.9 Å². The first-order valence-corrected chi connectivity index (χ1v) is 9.56. The molecule has 0 spiro atoms. The second-order valence-corrected chi connectivity index (χ2v) is 7.61. The van der Waals surface area contributed by atoms with Gasteiger partial charge in [-0.2, -0.15) is 13.2 Å². The number of quaternary nitrogens is 1. The first-order valence-electron chi connectivity index (χ1n) is 9.56. The van der Waals surface area contributed by atoms with Crippen LogP contribution in [0.5, 0.6) is 0 Å². The molecule has 1 aliphatic rings. The summed E-state index contributed by atoms with van der Waals surface area (Å²) < 4.78 is 39.5. The molecule has 0 unspecified atom stereocenters. The summed E-state index contributed by atoms with van der Waals surface area (Å²) in [4.78, 5) is 16.2. The molecule has 28 heavy (non-hydrogen) atoms. The molecule has 0 atom stereocenters. The van der Waals surface area contributed by atoms with Crippen LogP contribution in [0.25, 0.3) is 0 Å². The minimum atomic E-state index is -4.30. The van der Waals surface area contributed by atoms with E-state index in [0.29, 0.717) is 23.5 Å². The van der Waals surface area contributed by atoms with Crippen molar-refractivity contribution in [1.29, 1.82) is 0 Å². The number of hydrogen-bond donors (Lipinski definition) is 1. The highest BCUT2D eigenvalue weighted by Crippen LogP contribution is 2.23. The van der Waals surface area contributed by atoms with E-state index in [0.717, 1.165) is 26.2 Å². The van der Waals surface area contributed by atoms with Crippen molar-refractivity contribution in [2.24, 2.45) is 0 Å². The summed E-state index contributed by atoms with van der Waals surface area (Å²) in [5, 5.41) is 0. The number of anilines is 1. The molecule has 2 heterocycles. The number of piperazine rings is 1. The second kappa shape index (κ2) is 7.99. The van der Waals surface area contributed by atoms with Gasteiger partial charge in [0.2, 0.25) is 5.78 Å². The van der Waals surface area contributed by atoms with Crippen molar-refractivity contribution in [3.63, 3.8) is 0 Å².